The summed E-state index contributed by atoms with van der Waals surface area (Å²) in [5.74, 6) is -0.393. The number of hydrogen-bond acceptors (Lipinski definition) is 4. The zero-order valence-electron chi connectivity index (χ0n) is 13.3. The van der Waals surface area contributed by atoms with Crippen LogP contribution in [0.25, 0.3) is 0 Å². The second kappa shape index (κ2) is 7.74. The van der Waals surface area contributed by atoms with Gasteiger partial charge < -0.3 is 15.5 Å². The van der Waals surface area contributed by atoms with Gasteiger partial charge in [-0.25, -0.2) is 0 Å². The van der Waals surface area contributed by atoms with Crippen LogP contribution in [0.15, 0.2) is 17.5 Å². The number of primary amides is 1. The monoisotopic (exact) mass is 323 g/mol. The maximum atomic E-state index is 12.7. The molecule has 1 fully saturated rings. The first-order valence-electron chi connectivity index (χ1n) is 7.75. The van der Waals surface area contributed by atoms with Gasteiger partial charge in [-0.15, -0.1) is 11.3 Å². The fourth-order valence-electron chi connectivity index (χ4n) is 3.11. The summed E-state index contributed by atoms with van der Waals surface area (Å²) in [4.78, 5) is 29.5. The molecule has 1 aromatic heterocycles. The van der Waals surface area contributed by atoms with Gasteiger partial charge in [0.2, 0.25) is 11.8 Å². The van der Waals surface area contributed by atoms with Crippen LogP contribution in [0.3, 0.4) is 0 Å². The highest BCUT2D eigenvalue weighted by atomic mass is 32.1. The molecule has 5 nitrogen and oxygen atoms in total. The summed E-state index contributed by atoms with van der Waals surface area (Å²) in [5, 5.41) is 1.98. The Labute approximate surface area is 136 Å². The summed E-state index contributed by atoms with van der Waals surface area (Å²) in [6, 6.07) is 3.87. The van der Waals surface area contributed by atoms with E-state index in [1.54, 1.807) is 11.3 Å². The number of nitrogens with zero attached hydrogens (tertiary/aromatic N) is 2. The van der Waals surface area contributed by atoms with E-state index < -0.39 is 0 Å². The molecule has 2 unspecified atom stereocenters. The van der Waals surface area contributed by atoms with Crippen molar-refractivity contribution in [3.8, 4) is 0 Å². The Morgan fingerprint density at radius 2 is 2.23 bits per heavy atom. The van der Waals surface area contributed by atoms with E-state index >= 15 is 0 Å². The molecule has 2 heterocycles. The number of nitrogens with two attached hydrogens (primary N) is 1. The highest BCUT2D eigenvalue weighted by Gasteiger charge is 2.36. The molecule has 1 aromatic rings. The molecule has 2 rings (SSSR count). The van der Waals surface area contributed by atoms with Crippen molar-refractivity contribution in [3.63, 3.8) is 0 Å². The molecule has 2 N–H and O–H groups in total. The van der Waals surface area contributed by atoms with Crippen molar-refractivity contribution in [1.29, 1.82) is 0 Å². The maximum Gasteiger partial charge on any atom is 0.228 e. The van der Waals surface area contributed by atoms with E-state index in [1.807, 2.05) is 36.5 Å². The first-order valence-corrected chi connectivity index (χ1v) is 8.63. The Morgan fingerprint density at radius 1 is 1.45 bits per heavy atom. The molecular formula is C16H25N3O2S. The van der Waals surface area contributed by atoms with Crippen LogP contribution in [0, 0.1) is 5.92 Å². The molecule has 0 aromatic carbocycles. The van der Waals surface area contributed by atoms with Crippen LogP contribution < -0.4 is 5.73 Å². The highest BCUT2D eigenvalue weighted by molar-refractivity contribution is 7.10. The minimum Gasteiger partial charge on any atom is -0.369 e. The third-order valence-corrected chi connectivity index (χ3v) is 5.12. The van der Waals surface area contributed by atoms with Gasteiger partial charge in [0.25, 0.3) is 0 Å². The molecule has 22 heavy (non-hydrogen) atoms. The Balaban J connectivity index is 2.10. The van der Waals surface area contributed by atoms with Crippen molar-refractivity contribution in [2.45, 2.75) is 31.7 Å². The van der Waals surface area contributed by atoms with Gasteiger partial charge in [-0.05, 0) is 51.3 Å². The van der Waals surface area contributed by atoms with Gasteiger partial charge in [0.15, 0.2) is 0 Å². The number of rotatable bonds is 6. The molecule has 0 radical (unpaired) electrons. The largest absolute Gasteiger partial charge is 0.369 e. The number of carbonyl (C=O) groups excluding carboxylic acids is 2. The van der Waals surface area contributed by atoms with Gasteiger partial charge in [0.1, 0.15) is 0 Å². The fraction of sp³-hybridized carbons (Fsp3) is 0.625. The van der Waals surface area contributed by atoms with Crippen LogP contribution in [-0.4, -0.2) is 54.8 Å². The normalized spacial score (nSPS) is 22.0. The third-order valence-electron chi connectivity index (χ3n) is 4.24. The lowest BCUT2D eigenvalue weighted by molar-refractivity contribution is -0.139. The van der Waals surface area contributed by atoms with Crippen molar-refractivity contribution >= 4 is 23.2 Å². The van der Waals surface area contributed by atoms with Gasteiger partial charge >= 0.3 is 0 Å². The lowest BCUT2D eigenvalue weighted by Gasteiger charge is -2.40. The molecule has 2 amide bonds. The third kappa shape index (κ3) is 4.30. The van der Waals surface area contributed by atoms with Crippen LogP contribution in [0.2, 0.25) is 0 Å². The Bertz CT molecular complexity index is 501. The van der Waals surface area contributed by atoms with E-state index in [4.69, 9.17) is 5.73 Å². The van der Waals surface area contributed by atoms with E-state index in [2.05, 4.69) is 4.90 Å². The molecule has 0 bridgehead atoms. The first-order chi connectivity index (χ1) is 10.5. The molecule has 1 saturated heterocycles. The highest BCUT2D eigenvalue weighted by Crippen LogP contribution is 2.27. The van der Waals surface area contributed by atoms with Crippen molar-refractivity contribution in [3.05, 3.63) is 22.4 Å². The van der Waals surface area contributed by atoms with E-state index in [1.165, 1.54) is 0 Å². The number of likely N-dealkylation sites (tertiary alicyclic amines) is 1. The van der Waals surface area contributed by atoms with Gasteiger partial charge in [-0.3, -0.25) is 9.59 Å². The minimum absolute atomic E-state index is 0.0684. The molecule has 6 heteroatoms. The summed E-state index contributed by atoms with van der Waals surface area (Å²) in [5.41, 5.74) is 5.57. The Hall–Kier alpha value is -1.40. The smallest absolute Gasteiger partial charge is 0.228 e. The first kappa shape index (κ1) is 17.0. The summed E-state index contributed by atoms with van der Waals surface area (Å²) in [7, 11) is 4.00. The van der Waals surface area contributed by atoms with Crippen LogP contribution >= 0.6 is 11.3 Å². The SMILES string of the molecule is CN(C)CCC1C(C(N)=O)CCCN1C(=O)Cc1cccs1. The predicted octanol–water partition coefficient (Wildman–Crippen LogP) is 1.33. The quantitative estimate of drug-likeness (QED) is 0.859. The lowest BCUT2D eigenvalue weighted by atomic mass is 9.86. The Morgan fingerprint density at radius 3 is 2.82 bits per heavy atom. The number of hydrogen-bond donors (Lipinski definition) is 1. The summed E-state index contributed by atoms with van der Waals surface area (Å²) < 4.78 is 0. The topological polar surface area (TPSA) is 66.6 Å². The standard InChI is InChI=1S/C16H25N3O2S/c1-18(2)9-7-14-13(16(17)21)6-3-8-19(14)15(20)11-12-5-4-10-22-12/h4-5,10,13-14H,3,6-9,11H2,1-2H3,(H2,17,21). The minimum atomic E-state index is -0.280. The van der Waals surface area contributed by atoms with Crippen LogP contribution in [0.1, 0.15) is 24.1 Å². The van der Waals surface area contributed by atoms with Crippen molar-refractivity contribution in [1.82, 2.24) is 9.80 Å². The molecule has 0 saturated carbocycles. The Kier molecular flexibility index (Phi) is 5.97. The number of carbonyl (C=O) groups is 2. The summed E-state index contributed by atoms with van der Waals surface area (Å²) in [6.07, 6.45) is 2.84. The summed E-state index contributed by atoms with van der Waals surface area (Å²) >= 11 is 1.59. The zero-order chi connectivity index (χ0) is 16.1. The van der Waals surface area contributed by atoms with Crippen LogP contribution in [-0.2, 0) is 16.0 Å². The van der Waals surface area contributed by atoms with Crippen molar-refractivity contribution < 1.29 is 9.59 Å². The van der Waals surface area contributed by atoms with Crippen molar-refractivity contribution in [2.24, 2.45) is 11.7 Å². The number of piperidine rings is 1. The van der Waals surface area contributed by atoms with E-state index in [0.717, 1.165) is 37.2 Å². The molecule has 2 atom stereocenters. The van der Waals surface area contributed by atoms with Gasteiger partial charge in [0, 0.05) is 17.5 Å². The van der Waals surface area contributed by atoms with E-state index in [-0.39, 0.29) is 23.8 Å². The molecule has 1 aliphatic heterocycles. The van der Waals surface area contributed by atoms with Crippen molar-refractivity contribution in [2.75, 3.05) is 27.2 Å². The lowest BCUT2D eigenvalue weighted by Crippen LogP contribution is -2.53. The predicted molar refractivity (Wildman–Crippen MR) is 88.6 cm³/mol. The van der Waals surface area contributed by atoms with Crippen LogP contribution in [0.4, 0.5) is 0 Å². The summed E-state index contributed by atoms with van der Waals surface area (Å²) in [6.45, 7) is 1.57. The zero-order valence-corrected chi connectivity index (χ0v) is 14.1. The van der Waals surface area contributed by atoms with E-state index in [9.17, 15) is 9.59 Å². The molecular weight excluding hydrogens is 298 g/mol. The van der Waals surface area contributed by atoms with E-state index in [0.29, 0.717) is 6.42 Å². The number of thiophene rings is 1. The van der Waals surface area contributed by atoms with Gasteiger partial charge in [-0.2, -0.15) is 0 Å². The maximum absolute atomic E-state index is 12.7. The average Bonchev–Trinajstić information content (AvgIpc) is 2.97. The molecule has 0 aliphatic carbocycles. The second-order valence-corrected chi connectivity index (χ2v) is 7.19. The second-order valence-electron chi connectivity index (χ2n) is 6.15. The van der Waals surface area contributed by atoms with Crippen LogP contribution in [0.5, 0.6) is 0 Å². The number of amides is 2. The molecule has 1 aliphatic rings. The molecule has 122 valence electrons. The fourth-order valence-corrected chi connectivity index (χ4v) is 3.81. The van der Waals surface area contributed by atoms with Gasteiger partial charge in [-0.1, -0.05) is 6.07 Å². The van der Waals surface area contributed by atoms with Gasteiger partial charge in [0.05, 0.1) is 12.3 Å². The molecule has 0 spiro atoms. The average molecular weight is 323 g/mol.